The molecular formula is C66H38N4O2. The predicted octanol–water partition coefficient (Wildman–Crippen LogP) is 18.7. The maximum Gasteiger partial charge on any atom is 0.137 e. The van der Waals surface area contributed by atoms with Crippen LogP contribution in [0, 0.1) is 0 Å². The fraction of sp³-hybridized carbons (Fsp3) is 0. The number of nitrogens with zero attached hydrogens (tertiary/aromatic N) is 4. The number of hydrogen-bond donors (Lipinski definition) is 0. The third-order valence-electron chi connectivity index (χ3n) is 15.5. The van der Waals surface area contributed by atoms with Crippen LogP contribution >= 0.6 is 0 Å². The number of aromatic nitrogens is 2. The first-order chi connectivity index (χ1) is 35.8. The molecular weight excluding hydrogens is 881 g/mol. The second-order valence-corrected chi connectivity index (χ2v) is 19.1. The largest absolute Gasteiger partial charge is 0.456 e. The normalized spacial score (nSPS) is 12.4. The molecule has 0 atom stereocenters. The molecule has 0 bridgehead atoms. The summed E-state index contributed by atoms with van der Waals surface area (Å²) >= 11 is 0. The van der Waals surface area contributed by atoms with Crippen molar-refractivity contribution in [2.75, 3.05) is 9.80 Å². The van der Waals surface area contributed by atoms with E-state index in [0.29, 0.717) is 0 Å². The maximum absolute atomic E-state index is 6.48. The van der Waals surface area contributed by atoms with E-state index in [9.17, 15) is 0 Å². The first-order valence-corrected chi connectivity index (χ1v) is 24.6. The smallest absolute Gasteiger partial charge is 0.137 e. The van der Waals surface area contributed by atoms with Crippen molar-refractivity contribution in [3.63, 3.8) is 0 Å². The van der Waals surface area contributed by atoms with E-state index < -0.39 is 0 Å². The van der Waals surface area contributed by atoms with Gasteiger partial charge in [0, 0.05) is 65.2 Å². The Morgan fingerprint density at radius 3 is 1.06 bits per heavy atom. The minimum atomic E-state index is 0.869. The molecule has 0 fully saturated rings. The summed E-state index contributed by atoms with van der Waals surface area (Å²) in [4.78, 5) is 4.86. The molecule has 0 aliphatic heterocycles. The van der Waals surface area contributed by atoms with Gasteiger partial charge in [0.1, 0.15) is 22.3 Å². The minimum Gasteiger partial charge on any atom is -0.456 e. The highest BCUT2D eigenvalue weighted by Crippen LogP contribution is 2.52. The molecule has 0 saturated carbocycles. The molecule has 0 N–H and O–H groups in total. The Bertz CT molecular complexity index is 4740. The molecule has 17 aromatic rings. The predicted molar refractivity (Wildman–Crippen MR) is 300 cm³/mol. The number of rotatable bonds is 6. The topological polar surface area (TPSA) is 41.6 Å². The highest BCUT2D eigenvalue weighted by Gasteiger charge is 2.28. The van der Waals surface area contributed by atoms with Gasteiger partial charge in [-0.25, -0.2) is 0 Å². The van der Waals surface area contributed by atoms with Crippen molar-refractivity contribution in [1.29, 1.82) is 0 Å². The van der Waals surface area contributed by atoms with Crippen LogP contribution in [0.25, 0.3) is 120 Å². The number of anilines is 6. The Kier molecular flexibility index (Phi) is 7.38. The van der Waals surface area contributed by atoms with Gasteiger partial charge in [0.25, 0.3) is 0 Å². The molecule has 6 aromatic heterocycles. The standard InChI is InChI=1S/C66H38N4O2/c1-3-17-39(18-4-1)67(53-31-15-35-59-63(53)43-21-7-9-33-57(43)71-59)49-27-13-29-51-61(49)45-25-11-23-41-47-38-56-48(37-55(47)69(51)65(41)45)42-24-12-26-46-62-50(28-14-30-52(62)70(56)66(42)46)68(40-19-5-2-6-20-40)54-32-16-36-60-64(54)44-22-8-10-34-58(44)72-60/h1-38H. The molecule has 6 heterocycles. The second-order valence-electron chi connectivity index (χ2n) is 19.1. The average Bonchev–Trinajstić information content (AvgIpc) is 4.29. The third-order valence-corrected chi connectivity index (χ3v) is 15.5. The van der Waals surface area contributed by atoms with Gasteiger partial charge in [-0.05, 0) is 97.1 Å². The number of furan rings is 2. The van der Waals surface area contributed by atoms with Crippen LogP contribution in [0.5, 0.6) is 0 Å². The van der Waals surface area contributed by atoms with Crippen LogP contribution in [0.15, 0.2) is 239 Å². The van der Waals surface area contributed by atoms with Gasteiger partial charge in [0.2, 0.25) is 0 Å². The first kappa shape index (κ1) is 38.1. The van der Waals surface area contributed by atoms with E-state index in [1.807, 2.05) is 12.1 Å². The first-order valence-electron chi connectivity index (χ1n) is 24.6. The summed E-state index contributed by atoms with van der Waals surface area (Å²) in [6.07, 6.45) is 0. The summed E-state index contributed by atoms with van der Waals surface area (Å²) in [7, 11) is 0. The Balaban J connectivity index is 0.929. The van der Waals surface area contributed by atoms with E-state index in [4.69, 9.17) is 8.83 Å². The Labute approximate surface area is 410 Å². The van der Waals surface area contributed by atoms with Crippen LogP contribution in [-0.2, 0) is 0 Å². The Morgan fingerprint density at radius 1 is 0.250 bits per heavy atom. The zero-order valence-corrected chi connectivity index (χ0v) is 38.5. The van der Waals surface area contributed by atoms with Gasteiger partial charge in [0.05, 0.1) is 66.6 Å². The summed E-state index contributed by atoms with van der Waals surface area (Å²) in [5, 5.41) is 14.2. The lowest BCUT2D eigenvalue weighted by molar-refractivity contribution is 0.668. The molecule has 0 unspecified atom stereocenters. The monoisotopic (exact) mass is 918 g/mol. The molecule has 0 spiro atoms. The van der Waals surface area contributed by atoms with E-state index in [2.05, 4.69) is 237 Å². The van der Waals surface area contributed by atoms with Crippen molar-refractivity contribution in [2.24, 2.45) is 0 Å². The number of para-hydroxylation sites is 6. The van der Waals surface area contributed by atoms with E-state index in [1.54, 1.807) is 0 Å². The molecule has 6 nitrogen and oxygen atoms in total. The molecule has 11 aromatic carbocycles. The number of benzene rings is 11. The van der Waals surface area contributed by atoms with Crippen LogP contribution in [0.2, 0.25) is 0 Å². The lowest BCUT2D eigenvalue weighted by Crippen LogP contribution is -2.10. The molecule has 0 aliphatic carbocycles. The third kappa shape index (κ3) is 4.87. The minimum absolute atomic E-state index is 0.869. The van der Waals surface area contributed by atoms with Crippen molar-refractivity contribution in [3.8, 4) is 0 Å². The lowest BCUT2D eigenvalue weighted by atomic mass is 10.0. The van der Waals surface area contributed by atoms with Gasteiger partial charge < -0.3 is 27.4 Å². The van der Waals surface area contributed by atoms with Crippen molar-refractivity contribution in [3.05, 3.63) is 231 Å². The van der Waals surface area contributed by atoms with Gasteiger partial charge in [-0.15, -0.1) is 0 Å². The molecule has 0 aliphatic rings. The van der Waals surface area contributed by atoms with Crippen molar-refractivity contribution in [2.45, 2.75) is 0 Å². The van der Waals surface area contributed by atoms with Crippen LogP contribution in [0.4, 0.5) is 34.1 Å². The van der Waals surface area contributed by atoms with Gasteiger partial charge in [-0.3, -0.25) is 0 Å². The zero-order chi connectivity index (χ0) is 46.8. The Morgan fingerprint density at radius 2 is 0.597 bits per heavy atom. The number of hydrogen-bond acceptors (Lipinski definition) is 4. The summed E-state index contributed by atoms with van der Waals surface area (Å²) in [5.74, 6) is 0. The van der Waals surface area contributed by atoms with E-state index >= 15 is 0 Å². The summed E-state index contributed by atoms with van der Waals surface area (Å²) in [6.45, 7) is 0. The quantitative estimate of drug-likeness (QED) is 0.167. The molecule has 334 valence electrons. The fourth-order valence-corrected chi connectivity index (χ4v) is 12.7. The van der Waals surface area contributed by atoms with Crippen molar-refractivity contribution in [1.82, 2.24) is 8.80 Å². The van der Waals surface area contributed by atoms with Crippen LogP contribution in [0.1, 0.15) is 0 Å². The van der Waals surface area contributed by atoms with Gasteiger partial charge in [-0.2, -0.15) is 0 Å². The van der Waals surface area contributed by atoms with Crippen LogP contribution in [0.3, 0.4) is 0 Å². The van der Waals surface area contributed by atoms with Crippen molar-refractivity contribution < 1.29 is 8.83 Å². The van der Waals surface area contributed by atoms with Gasteiger partial charge in [-0.1, -0.05) is 133 Å². The van der Waals surface area contributed by atoms with E-state index in [-0.39, 0.29) is 0 Å². The van der Waals surface area contributed by atoms with E-state index in [0.717, 1.165) is 78.0 Å². The maximum atomic E-state index is 6.48. The lowest BCUT2D eigenvalue weighted by Gasteiger charge is -2.27. The summed E-state index contributed by atoms with van der Waals surface area (Å²) in [6, 6.07) is 83.3. The average molecular weight is 919 g/mol. The molecule has 0 saturated heterocycles. The van der Waals surface area contributed by atoms with Crippen molar-refractivity contribution >= 4 is 154 Å². The molecule has 72 heavy (non-hydrogen) atoms. The molecule has 17 rings (SSSR count). The highest BCUT2D eigenvalue weighted by atomic mass is 16.3. The molecule has 0 radical (unpaired) electrons. The SMILES string of the molecule is c1ccc(N(c2cccc3oc4ccccc4c23)c2cccc3c2c2cccc4c5cc6c(cc5n3c42)c2cccc3c4c(N(c5ccccc5)c5cccc7oc8ccccc8c57)cccc4n6c23)cc1. The van der Waals surface area contributed by atoms with Gasteiger partial charge >= 0.3 is 0 Å². The van der Waals surface area contributed by atoms with Crippen LogP contribution < -0.4 is 9.80 Å². The molecule has 6 heteroatoms. The second kappa shape index (κ2) is 13.9. The number of fused-ring (bicyclic) bond motifs is 18. The molecule has 0 amide bonds. The van der Waals surface area contributed by atoms with E-state index in [1.165, 1.54) is 76.2 Å². The summed E-state index contributed by atoms with van der Waals surface area (Å²) < 4.78 is 18.0. The zero-order valence-electron chi connectivity index (χ0n) is 38.5. The highest BCUT2D eigenvalue weighted by molar-refractivity contribution is 6.32. The Hall–Kier alpha value is -9.78. The fourth-order valence-electron chi connectivity index (χ4n) is 12.7. The van der Waals surface area contributed by atoms with Gasteiger partial charge in [0.15, 0.2) is 0 Å². The van der Waals surface area contributed by atoms with Crippen LogP contribution in [-0.4, -0.2) is 8.80 Å². The summed E-state index contributed by atoms with van der Waals surface area (Å²) in [5.41, 5.74) is 17.3.